The molecular weight excluding hydrogens is 321 g/mol. The monoisotopic (exact) mass is 337 g/mol. The number of hydrogen-bond acceptors (Lipinski definition) is 8. The minimum absolute atomic E-state index is 0. The van der Waals surface area contributed by atoms with Crippen molar-refractivity contribution in [1.82, 2.24) is 0 Å². The van der Waals surface area contributed by atoms with Gasteiger partial charge in [0.2, 0.25) is 6.29 Å². The van der Waals surface area contributed by atoms with Crippen LogP contribution in [0, 0.1) is 0 Å². The summed E-state index contributed by atoms with van der Waals surface area (Å²) in [7, 11) is 0. The molecule has 1 aliphatic rings. The molecule has 9 heteroatoms. The molecule has 1 aromatic carbocycles. The number of aliphatic hydroxyl groups excluding tert-OH is 3. The number of carboxylic acids is 1. The Morgan fingerprint density at radius 3 is 2.32 bits per heavy atom. The number of rotatable bonds is 4. The third-order valence-electron chi connectivity index (χ3n) is 3.22. The molecule has 0 amide bonds. The van der Waals surface area contributed by atoms with Crippen molar-refractivity contribution in [3.05, 3.63) is 29.8 Å². The van der Waals surface area contributed by atoms with Crippen molar-refractivity contribution < 1.29 is 86.2 Å². The number of benzene rings is 1. The predicted octanol–water partition coefficient (Wildman–Crippen LogP) is -4.77. The second-order valence-corrected chi connectivity index (χ2v) is 4.77. The van der Waals surface area contributed by atoms with E-state index in [4.69, 9.17) is 9.57 Å². The molecule has 1 unspecified atom stereocenters. The van der Waals surface area contributed by atoms with Gasteiger partial charge in [0.15, 0.2) is 0 Å². The summed E-state index contributed by atoms with van der Waals surface area (Å²) < 4.78 is 5.22. The van der Waals surface area contributed by atoms with Crippen LogP contribution in [-0.4, -0.2) is 52.0 Å². The Labute approximate surface area is 169 Å². The maximum absolute atomic E-state index is 10.6. The Morgan fingerprint density at radius 1 is 1.18 bits per heavy atom. The first-order chi connectivity index (χ1) is 9.90. The van der Waals surface area contributed by atoms with Gasteiger partial charge in [-0.1, -0.05) is 12.1 Å². The quantitative estimate of drug-likeness (QED) is 0.318. The minimum Gasteiger partial charge on any atom is -0.545 e. The van der Waals surface area contributed by atoms with Crippen LogP contribution in [0.5, 0.6) is 0 Å². The van der Waals surface area contributed by atoms with E-state index in [2.05, 4.69) is 5.48 Å². The number of ether oxygens (including phenoxy) is 1. The smallest absolute Gasteiger partial charge is 0.545 e. The molecule has 0 aliphatic carbocycles. The van der Waals surface area contributed by atoms with Gasteiger partial charge in [0, 0.05) is 0 Å². The van der Waals surface area contributed by atoms with Crippen molar-refractivity contribution in [2.45, 2.75) is 37.6 Å². The minimum atomic E-state index is -1.42. The Balaban J connectivity index is 0.00000242. The normalized spacial score (nSPS) is 31.2. The van der Waals surface area contributed by atoms with E-state index < -0.39 is 36.7 Å². The number of carbonyl (C=O) groups is 1. The molecule has 0 saturated carbocycles. The van der Waals surface area contributed by atoms with E-state index >= 15 is 0 Å². The molecule has 1 heterocycles. The van der Waals surface area contributed by atoms with Crippen LogP contribution in [0.15, 0.2) is 24.3 Å². The molecule has 4 N–H and O–H groups in total. The molecular formula is C13H16KNO7. The molecule has 1 aliphatic heterocycles. The molecule has 1 aromatic rings. The van der Waals surface area contributed by atoms with Crippen molar-refractivity contribution in [2.24, 2.45) is 0 Å². The van der Waals surface area contributed by atoms with E-state index in [0.29, 0.717) is 5.69 Å². The molecule has 0 spiro atoms. The van der Waals surface area contributed by atoms with Crippen LogP contribution in [0.1, 0.15) is 17.3 Å². The van der Waals surface area contributed by atoms with Crippen molar-refractivity contribution >= 4 is 11.7 Å². The molecule has 0 aromatic heterocycles. The molecule has 22 heavy (non-hydrogen) atoms. The van der Waals surface area contributed by atoms with Crippen LogP contribution in [0.3, 0.4) is 0 Å². The summed E-state index contributed by atoms with van der Waals surface area (Å²) in [5, 5.41) is 39.5. The number of aromatic carboxylic acids is 1. The number of hydrogen-bond donors (Lipinski definition) is 4. The third kappa shape index (κ3) is 4.71. The maximum Gasteiger partial charge on any atom is 1.00 e. The van der Waals surface area contributed by atoms with Crippen LogP contribution in [0.2, 0.25) is 0 Å². The van der Waals surface area contributed by atoms with Crippen LogP contribution >= 0.6 is 0 Å². The standard InChI is InChI=1S/C13H17NO7.K/c1-6-9(15)10(16)11(17)13(20-6)21-14-8-4-2-7(3-5-8)12(18)19;/h2-6,9-11,13-17H,1H3,(H,18,19);/q;+1/p-1/t6-,9-,10+,11+,13?;/m0./s1. The first-order valence-corrected chi connectivity index (χ1v) is 6.33. The summed E-state index contributed by atoms with van der Waals surface area (Å²) in [6.07, 6.45) is -5.91. The summed E-state index contributed by atoms with van der Waals surface area (Å²) in [5.41, 5.74) is 2.91. The Morgan fingerprint density at radius 2 is 1.77 bits per heavy atom. The zero-order valence-corrected chi connectivity index (χ0v) is 15.3. The molecule has 116 valence electrons. The van der Waals surface area contributed by atoms with E-state index in [-0.39, 0.29) is 56.9 Å². The molecule has 0 bridgehead atoms. The van der Waals surface area contributed by atoms with Gasteiger partial charge in [-0.05, 0) is 24.6 Å². The van der Waals surface area contributed by atoms with Crippen LogP contribution in [0.25, 0.3) is 0 Å². The van der Waals surface area contributed by atoms with Gasteiger partial charge in [-0.25, -0.2) is 4.84 Å². The molecule has 1 saturated heterocycles. The SMILES string of the molecule is C[C@@H]1OC(ONc2ccc(C(=O)[O-])cc2)[C@H](O)[C@H](O)[C@H]1O.[K+]. The first-order valence-electron chi connectivity index (χ1n) is 6.33. The van der Waals surface area contributed by atoms with Gasteiger partial charge in [-0.2, -0.15) is 0 Å². The van der Waals surface area contributed by atoms with Crippen molar-refractivity contribution in [3.63, 3.8) is 0 Å². The van der Waals surface area contributed by atoms with Gasteiger partial charge in [-0.15, -0.1) is 0 Å². The molecule has 5 atom stereocenters. The summed E-state index contributed by atoms with van der Waals surface area (Å²) in [6, 6.07) is 5.52. The van der Waals surface area contributed by atoms with E-state index in [1.807, 2.05) is 0 Å². The predicted molar refractivity (Wildman–Crippen MR) is 67.8 cm³/mol. The molecule has 2 rings (SSSR count). The Kier molecular flexibility index (Phi) is 7.89. The number of carbonyl (C=O) groups excluding carboxylic acids is 1. The van der Waals surface area contributed by atoms with Crippen molar-refractivity contribution in [3.8, 4) is 0 Å². The topological polar surface area (TPSA) is 131 Å². The van der Waals surface area contributed by atoms with Crippen LogP contribution in [0.4, 0.5) is 5.69 Å². The zero-order valence-electron chi connectivity index (χ0n) is 12.2. The van der Waals surface area contributed by atoms with Gasteiger partial charge in [0.25, 0.3) is 0 Å². The summed E-state index contributed by atoms with van der Waals surface area (Å²) in [4.78, 5) is 15.7. The molecule has 1 fully saturated rings. The second kappa shape index (κ2) is 8.69. The summed E-state index contributed by atoms with van der Waals surface area (Å²) in [5.74, 6) is -1.29. The third-order valence-corrected chi connectivity index (χ3v) is 3.22. The van der Waals surface area contributed by atoms with Crippen LogP contribution in [-0.2, 0) is 9.57 Å². The summed E-state index contributed by atoms with van der Waals surface area (Å²) >= 11 is 0. The summed E-state index contributed by atoms with van der Waals surface area (Å²) in [6.45, 7) is 1.53. The van der Waals surface area contributed by atoms with Gasteiger partial charge in [-0.3, -0.25) is 5.48 Å². The van der Waals surface area contributed by atoms with Crippen molar-refractivity contribution in [1.29, 1.82) is 0 Å². The fraction of sp³-hybridized carbons (Fsp3) is 0.462. The largest absolute Gasteiger partial charge is 1.00 e. The van der Waals surface area contributed by atoms with E-state index in [9.17, 15) is 25.2 Å². The zero-order chi connectivity index (χ0) is 15.6. The van der Waals surface area contributed by atoms with E-state index in [0.717, 1.165) is 0 Å². The van der Waals surface area contributed by atoms with Gasteiger partial charge in [0.1, 0.15) is 18.3 Å². The number of nitrogens with one attached hydrogen (secondary N) is 1. The number of carboxylic acid groups (broad SMARTS) is 1. The van der Waals surface area contributed by atoms with Crippen molar-refractivity contribution in [2.75, 3.05) is 5.48 Å². The Bertz CT molecular complexity index is 498. The maximum atomic E-state index is 10.6. The molecule has 8 nitrogen and oxygen atoms in total. The Hall–Kier alpha value is -0.0736. The van der Waals surface area contributed by atoms with E-state index in [1.165, 1.54) is 31.2 Å². The average Bonchev–Trinajstić information content (AvgIpc) is 2.48. The van der Waals surface area contributed by atoms with Gasteiger partial charge >= 0.3 is 51.4 Å². The fourth-order valence-corrected chi connectivity index (χ4v) is 1.91. The average molecular weight is 337 g/mol. The fourth-order valence-electron chi connectivity index (χ4n) is 1.91. The van der Waals surface area contributed by atoms with Crippen LogP contribution < -0.4 is 62.0 Å². The van der Waals surface area contributed by atoms with E-state index in [1.54, 1.807) is 0 Å². The van der Waals surface area contributed by atoms with Gasteiger partial charge < -0.3 is 30.0 Å². The number of aliphatic hydroxyl groups is 3. The first kappa shape index (κ1) is 20.0. The molecule has 0 radical (unpaired) electrons. The number of anilines is 1. The second-order valence-electron chi connectivity index (χ2n) is 4.77. The van der Waals surface area contributed by atoms with Gasteiger partial charge in [0.05, 0.1) is 17.8 Å².